The Hall–Kier alpha value is -3.78. The van der Waals surface area contributed by atoms with Crippen molar-refractivity contribution in [2.45, 2.75) is 18.9 Å². The lowest BCUT2D eigenvalue weighted by atomic mass is 9.72. The molecule has 166 valence electrons. The highest BCUT2D eigenvalue weighted by molar-refractivity contribution is 7.22. The standard InChI is InChI=1S/C25H23N5O2S/c1-12-22(13-4-8-19(31)20(9-13)32-2)23-15-11-27-30-16(15)6-7-18(23)28-24(12)14-3-5-17-21(10-14)33-25(26)29-17/h3-12,22,24,28,31H,1-2H3,(H2,26,29)(H,27,30)/t12-,22+,24+/m0/s1. The van der Waals surface area contributed by atoms with Crippen LogP contribution in [0.1, 0.15) is 35.6 Å². The maximum absolute atomic E-state index is 10.2. The molecule has 8 heteroatoms. The maximum Gasteiger partial charge on any atom is 0.181 e. The predicted octanol–water partition coefficient (Wildman–Crippen LogP) is 5.40. The minimum absolute atomic E-state index is 0.0595. The Kier molecular flexibility index (Phi) is 4.45. The van der Waals surface area contributed by atoms with Crippen LogP contribution in [0.15, 0.2) is 54.7 Å². The number of phenols is 1. The number of hydrogen-bond donors (Lipinski definition) is 4. The normalized spacial score (nSPS) is 20.0. The number of aromatic nitrogens is 3. The fraction of sp³-hybridized carbons (Fsp3) is 0.200. The van der Waals surface area contributed by atoms with Crippen molar-refractivity contribution in [3.63, 3.8) is 0 Å². The van der Waals surface area contributed by atoms with Crippen LogP contribution in [-0.4, -0.2) is 27.4 Å². The Morgan fingerprint density at radius 2 is 1.94 bits per heavy atom. The molecule has 0 saturated heterocycles. The number of nitrogens with zero attached hydrogens (tertiary/aromatic N) is 2. The maximum atomic E-state index is 10.2. The van der Waals surface area contributed by atoms with E-state index >= 15 is 0 Å². The van der Waals surface area contributed by atoms with Crippen LogP contribution in [-0.2, 0) is 0 Å². The lowest BCUT2D eigenvalue weighted by Gasteiger charge is -2.40. The molecule has 0 unspecified atom stereocenters. The Bertz CT molecular complexity index is 1510. The zero-order chi connectivity index (χ0) is 22.7. The first-order valence-electron chi connectivity index (χ1n) is 10.8. The second-order valence-electron chi connectivity index (χ2n) is 8.53. The summed E-state index contributed by atoms with van der Waals surface area (Å²) in [5.74, 6) is 0.853. The SMILES string of the molecule is COc1cc([C@@H]2c3c(ccc4[nH]ncc34)N[C@@H](c3ccc4nc(N)sc4c3)[C@H]2C)ccc1O. The van der Waals surface area contributed by atoms with E-state index in [0.29, 0.717) is 10.9 Å². The van der Waals surface area contributed by atoms with Crippen LogP contribution in [0.25, 0.3) is 21.1 Å². The summed E-state index contributed by atoms with van der Waals surface area (Å²) in [5, 5.41) is 23.0. The van der Waals surface area contributed by atoms with Gasteiger partial charge in [-0.05, 0) is 59.0 Å². The van der Waals surface area contributed by atoms with Crippen molar-refractivity contribution in [2.24, 2.45) is 5.92 Å². The monoisotopic (exact) mass is 457 g/mol. The van der Waals surface area contributed by atoms with Crippen molar-refractivity contribution in [3.05, 3.63) is 71.4 Å². The molecule has 0 amide bonds. The molecule has 3 aromatic carbocycles. The van der Waals surface area contributed by atoms with Gasteiger partial charge in [-0.2, -0.15) is 5.10 Å². The third-order valence-electron chi connectivity index (χ3n) is 6.69. The van der Waals surface area contributed by atoms with Crippen molar-refractivity contribution in [1.82, 2.24) is 15.2 Å². The molecule has 0 saturated carbocycles. The van der Waals surface area contributed by atoms with E-state index < -0.39 is 0 Å². The van der Waals surface area contributed by atoms with Crippen LogP contribution < -0.4 is 15.8 Å². The molecule has 0 radical (unpaired) electrons. The van der Waals surface area contributed by atoms with Gasteiger partial charge >= 0.3 is 0 Å². The van der Waals surface area contributed by atoms with Gasteiger partial charge in [0.15, 0.2) is 16.6 Å². The summed E-state index contributed by atoms with van der Waals surface area (Å²) in [6.45, 7) is 2.26. The van der Waals surface area contributed by atoms with Gasteiger partial charge in [0, 0.05) is 17.0 Å². The highest BCUT2D eigenvalue weighted by Crippen LogP contribution is 2.51. The Morgan fingerprint density at radius 1 is 1.09 bits per heavy atom. The van der Waals surface area contributed by atoms with Gasteiger partial charge in [-0.25, -0.2) is 4.98 Å². The first-order chi connectivity index (χ1) is 16.0. The van der Waals surface area contributed by atoms with Crippen LogP contribution in [0.3, 0.4) is 0 Å². The van der Waals surface area contributed by atoms with Gasteiger partial charge in [-0.15, -0.1) is 0 Å². The molecule has 7 nitrogen and oxygen atoms in total. The van der Waals surface area contributed by atoms with E-state index in [9.17, 15) is 5.11 Å². The van der Waals surface area contributed by atoms with Crippen LogP contribution in [0.2, 0.25) is 0 Å². The van der Waals surface area contributed by atoms with E-state index in [1.54, 1.807) is 13.2 Å². The van der Waals surface area contributed by atoms with Gasteiger partial charge in [0.05, 0.1) is 35.1 Å². The predicted molar refractivity (Wildman–Crippen MR) is 132 cm³/mol. The number of benzene rings is 3. The number of nitrogens with two attached hydrogens (primary N) is 1. The van der Waals surface area contributed by atoms with Gasteiger partial charge in [-0.3, -0.25) is 5.10 Å². The minimum atomic E-state index is 0.0595. The van der Waals surface area contributed by atoms with E-state index in [4.69, 9.17) is 10.5 Å². The molecule has 3 atom stereocenters. The highest BCUT2D eigenvalue weighted by Gasteiger charge is 2.37. The fourth-order valence-corrected chi connectivity index (χ4v) is 5.93. The average Bonchev–Trinajstić information content (AvgIpc) is 3.44. The number of phenolic OH excluding ortho intramolecular Hbond substituents is 1. The first-order valence-corrected chi connectivity index (χ1v) is 11.6. The molecule has 6 rings (SSSR count). The molecule has 5 aromatic rings. The second kappa shape index (κ2) is 7.38. The minimum Gasteiger partial charge on any atom is -0.504 e. The molecule has 33 heavy (non-hydrogen) atoms. The average molecular weight is 458 g/mol. The number of anilines is 2. The van der Waals surface area contributed by atoms with E-state index in [1.165, 1.54) is 22.5 Å². The van der Waals surface area contributed by atoms with Crippen molar-refractivity contribution in [1.29, 1.82) is 0 Å². The third kappa shape index (κ3) is 3.09. The molecule has 0 aliphatic carbocycles. The van der Waals surface area contributed by atoms with Crippen molar-refractivity contribution >= 4 is 43.3 Å². The first kappa shape index (κ1) is 19.9. The van der Waals surface area contributed by atoms with Crippen molar-refractivity contribution in [3.8, 4) is 11.5 Å². The van der Waals surface area contributed by atoms with E-state index in [2.05, 4.69) is 51.7 Å². The summed E-state index contributed by atoms with van der Waals surface area (Å²) >= 11 is 1.51. The quantitative estimate of drug-likeness (QED) is 0.289. The zero-order valence-corrected chi connectivity index (χ0v) is 19.0. The van der Waals surface area contributed by atoms with Gasteiger partial charge < -0.3 is 20.9 Å². The van der Waals surface area contributed by atoms with E-state index in [0.717, 1.165) is 32.4 Å². The molecule has 0 bridgehead atoms. The smallest absolute Gasteiger partial charge is 0.181 e. The lowest BCUT2D eigenvalue weighted by molar-refractivity contribution is 0.370. The number of rotatable bonds is 3. The number of fused-ring (bicyclic) bond motifs is 4. The van der Waals surface area contributed by atoms with Gasteiger partial charge in [0.25, 0.3) is 0 Å². The summed E-state index contributed by atoms with van der Waals surface area (Å²) in [6.07, 6.45) is 1.89. The number of H-pyrrole nitrogens is 1. The van der Waals surface area contributed by atoms with Gasteiger partial charge in [0.1, 0.15) is 0 Å². The van der Waals surface area contributed by atoms with Crippen molar-refractivity contribution in [2.75, 3.05) is 18.2 Å². The Labute approximate surface area is 194 Å². The van der Waals surface area contributed by atoms with Crippen molar-refractivity contribution < 1.29 is 9.84 Å². The number of aromatic amines is 1. The summed E-state index contributed by atoms with van der Waals surface area (Å²) in [5.41, 5.74) is 12.4. The summed E-state index contributed by atoms with van der Waals surface area (Å²) in [4.78, 5) is 4.40. The molecule has 0 fully saturated rings. The number of hydrogen-bond acceptors (Lipinski definition) is 7. The second-order valence-corrected chi connectivity index (χ2v) is 9.59. The molecule has 5 N–H and O–H groups in total. The summed E-state index contributed by atoms with van der Waals surface area (Å²) in [6, 6.07) is 16.2. The van der Waals surface area contributed by atoms with Crippen LogP contribution >= 0.6 is 11.3 Å². The zero-order valence-electron chi connectivity index (χ0n) is 18.2. The molecule has 1 aliphatic rings. The molecule has 0 spiro atoms. The number of nitrogen functional groups attached to an aromatic ring is 1. The number of nitrogens with one attached hydrogen (secondary N) is 2. The van der Waals surface area contributed by atoms with Crippen LogP contribution in [0, 0.1) is 5.92 Å². The number of aromatic hydroxyl groups is 1. The van der Waals surface area contributed by atoms with Gasteiger partial charge in [-0.1, -0.05) is 30.4 Å². The molecule has 1 aliphatic heterocycles. The fourth-order valence-electron chi connectivity index (χ4n) is 5.15. The summed E-state index contributed by atoms with van der Waals surface area (Å²) in [7, 11) is 1.58. The van der Waals surface area contributed by atoms with E-state index in [1.807, 2.05) is 24.4 Å². The Balaban J connectivity index is 1.55. The van der Waals surface area contributed by atoms with Crippen LogP contribution in [0.4, 0.5) is 10.8 Å². The Morgan fingerprint density at radius 3 is 2.79 bits per heavy atom. The molecule has 3 heterocycles. The highest BCUT2D eigenvalue weighted by atomic mass is 32.1. The number of thiazole rings is 1. The number of methoxy groups -OCH3 is 1. The lowest BCUT2D eigenvalue weighted by Crippen LogP contribution is -2.30. The van der Waals surface area contributed by atoms with E-state index in [-0.39, 0.29) is 23.6 Å². The molecular weight excluding hydrogens is 434 g/mol. The largest absolute Gasteiger partial charge is 0.504 e. The molecular formula is C25H23N5O2S. The summed E-state index contributed by atoms with van der Waals surface area (Å²) < 4.78 is 6.51. The van der Waals surface area contributed by atoms with Crippen LogP contribution in [0.5, 0.6) is 11.5 Å². The third-order valence-corrected chi connectivity index (χ3v) is 7.54. The van der Waals surface area contributed by atoms with Gasteiger partial charge in [0.2, 0.25) is 0 Å². The molecule has 2 aromatic heterocycles. The topological polar surface area (TPSA) is 109 Å². The number of ether oxygens (including phenoxy) is 1.